The molecule has 4 aromatic carbocycles. The second-order valence-electron chi connectivity index (χ2n) is 8.34. The highest BCUT2D eigenvalue weighted by Crippen LogP contribution is 2.23. The lowest BCUT2D eigenvalue weighted by atomic mass is 9.98. The SMILES string of the molecule is CCCc1ccc(C#Cc2ccc3c(F)c(CCc4ccc(CC)cc4)ccc3c2)cc1. The van der Waals surface area contributed by atoms with Gasteiger partial charge >= 0.3 is 0 Å². The Morgan fingerprint density at radius 3 is 1.97 bits per heavy atom. The molecule has 4 rings (SSSR count). The van der Waals surface area contributed by atoms with E-state index < -0.39 is 0 Å². The highest BCUT2D eigenvalue weighted by Gasteiger charge is 2.08. The third-order valence-corrected chi connectivity index (χ3v) is 5.99. The lowest BCUT2D eigenvalue weighted by molar-refractivity contribution is 0.620. The number of hydrogen-bond acceptors (Lipinski definition) is 0. The molecule has 0 aromatic heterocycles. The average Bonchev–Trinajstić information content (AvgIpc) is 2.84. The largest absolute Gasteiger partial charge is 0.206 e. The van der Waals surface area contributed by atoms with Gasteiger partial charge in [-0.1, -0.05) is 86.7 Å². The molecule has 0 saturated heterocycles. The van der Waals surface area contributed by atoms with Gasteiger partial charge < -0.3 is 0 Å². The van der Waals surface area contributed by atoms with E-state index in [9.17, 15) is 0 Å². The van der Waals surface area contributed by atoms with Gasteiger partial charge in [0, 0.05) is 16.5 Å². The van der Waals surface area contributed by atoms with E-state index in [1.807, 2.05) is 30.3 Å². The van der Waals surface area contributed by atoms with Crippen molar-refractivity contribution in [3.63, 3.8) is 0 Å². The van der Waals surface area contributed by atoms with Gasteiger partial charge in [-0.3, -0.25) is 0 Å². The van der Waals surface area contributed by atoms with Crippen LogP contribution in [0.15, 0.2) is 78.9 Å². The van der Waals surface area contributed by atoms with Gasteiger partial charge in [0.05, 0.1) is 0 Å². The molecule has 0 aliphatic carbocycles. The fourth-order valence-electron chi connectivity index (χ4n) is 4.02. The second-order valence-corrected chi connectivity index (χ2v) is 8.34. The summed E-state index contributed by atoms with van der Waals surface area (Å²) in [4.78, 5) is 0. The normalized spacial score (nSPS) is 10.7. The molecule has 0 bridgehead atoms. The van der Waals surface area contributed by atoms with Gasteiger partial charge in [-0.05, 0) is 77.6 Å². The highest BCUT2D eigenvalue weighted by molar-refractivity contribution is 5.85. The van der Waals surface area contributed by atoms with E-state index in [-0.39, 0.29) is 5.82 Å². The molecular weight excluding hydrogens is 391 g/mol. The van der Waals surface area contributed by atoms with Crippen molar-refractivity contribution in [1.82, 2.24) is 0 Å². The van der Waals surface area contributed by atoms with Crippen molar-refractivity contribution in [3.8, 4) is 11.8 Å². The maximum absolute atomic E-state index is 15.1. The summed E-state index contributed by atoms with van der Waals surface area (Å²) in [6.07, 6.45) is 4.82. The Labute approximate surface area is 191 Å². The Hall–Kier alpha value is -3.37. The summed E-state index contributed by atoms with van der Waals surface area (Å²) in [7, 11) is 0. The van der Waals surface area contributed by atoms with Crippen LogP contribution in [0.5, 0.6) is 0 Å². The predicted molar refractivity (Wildman–Crippen MR) is 134 cm³/mol. The smallest absolute Gasteiger partial charge is 0.134 e. The first kappa shape index (κ1) is 21.8. The summed E-state index contributed by atoms with van der Waals surface area (Å²) in [6.45, 7) is 4.34. The summed E-state index contributed by atoms with van der Waals surface area (Å²) < 4.78 is 15.1. The van der Waals surface area contributed by atoms with Gasteiger partial charge in [0.25, 0.3) is 0 Å². The number of benzene rings is 4. The first-order valence-electron chi connectivity index (χ1n) is 11.6. The third-order valence-electron chi connectivity index (χ3n) is 5.99. The summed E-state index contributed by atoms with van der Waals surface area (Å²) >= 11 is 0. The molecule has 0 radical (unpaired) electrons. The lowest BCUT2D eigenvalue weighted by Gasteiger charge is -2.08. The third kappa shape index (κ3) is 5.27. The van der Waals surface area contributed by atoms with E-state index in [0.29, 0.717) is 11.8 Å². The van der Waals surface area contributed by atoms with Crippen LogP contribution in [0.4, 0.5) is 4.39 Å². The fourth-order valence-corrected chi connectivity index (χ4v) is 4.02. The van der Waals surface area contributed by atoms with E-state index >= 15 is 4.39 Å². The van der Waals surface area contributed by atoms with Crippen LogP contribution in [0.2, 0.25) is 0 Å². The topological polar surface area (TPSA) is 0 Å². The Balaban J connectivity index is 1.49. The fraction of sp³-hybridized carbons (Fsp3) is 0.226. The number of rotatable bonds is 6. The van der Waals surface area contributed by atoms with E-state index in [0.717, 1.165) is 47.8 Å². The van der Waals surface area contributed by atoms with Gasteiger partial charge in [0.15, 0.2) is 0 Å². The van der Waals surface area contributed by atoms with Crippen molar-refractivity contribution in [3.05, 3.63) is 118 Å². The van der Waals surface area contributed by atoms with Gasteiger partial charge in [-0.25, -0.2) is 4.39 Å². The summed E-state index contributed by atoms with van der Waals surface area (Å²) in [5.74, 6) is 6.33. The lowest BCUT2D eigenvalue weighted by Crippen LogP contribution is -1.96. The summed E-state index contributed by atoms with van der Waals surface area (Å²) in [5, 5.41) is 1.56. The minimum absolute atomic E-state index is 0.112. The molecule has 0 saturated carbocycles. The van der Waals surface area contributed by atoms with Gasteiger partial charge in [0.2, 0.25) is 0 Å². The van der Waals surface area contributed by atoms with Crippen LogP contribution < -0.4 is 0 Å². The average molecular weight is 421 g/mol. The number of hydrogen-bond donors (Lipinski definition) is 0. The quantitative estimate of drug-likeness (QED) is 0.281. The Morgan fingerprint density at radius 2 is 1.25 bits per heavy atom. The minimum Gasteiger partial charge on any atom is -0.206 e. The Kier molecular flexibility index (Phi) is 7.03. The van der Waals surface area contributed by atoms with E-state index in [4.69, 9.17) is 0 Å². The molecule has 32 heavy (non-hydrogen) atoms. The molecule has 0 nitrogen and oxygen atoms in total. The van der Waals surface area contributed by atoms with Crippen LogP contribution in [0.1, 0.15) is 53.6 Å². The molecule has 0 aliphatic rings. The molecule has 0 amide bonds. The Morgan fingerprint density at radius 1 is 0.625 bits per heavy atom. The zero-order chi connectivity index (χ0) is 22.3. The maximum Gasteiger partial charge on any atom is 0.134 e. The Bertz CT molecular complexity index is 1250. The molecule has 0 heterocycles. The van der Waals surface area contributed by atoms with Crippen molar-refractivity contribution in [2.45, 2.75) is 46.0 Å². The standard InChI is InChI=1S/C31H29F/c1-3-5-24-10-12-25(13-11-24)14-15-27-17-21-30-29(22-27)20-19-28(31(30)32)18-16-26-8-6-23(4-2)7-9-26/h6-13,17,19-22H,3-5,16,18H2,1-2H3. The molecule has 0 spiro atoms. The zero-order valence-electron chi connectivity index (χ0n) is 18.9. The first-order chi connectivity index (χ1) is 15.7. The molecular formula is C31H29F. The van der Waals surface area contributed by atoms with Crippen LogP contribution in [0, 0.1) is 17.7 Å². The maximum atomic E-state index is 15.1. The second kappa shape index (κ2) is 10.3. The summed E-state index contributed by atoms with van der Waals surface area (Å²) in [6, 6.07) is 26.7. The summed E-state index contributed by atoms with van der Waals surface area (Å²) in [5.41, 5.74) is 6.58. The van der Waals surface area contributed by atoms with Crippen LogP contribution in [-0.2, 0) is 25.7 Å². The molecule has 160 valence electrons. The minimum atomic E-state index is -0.112. The van der Waals surface area contributed by atoms with E-state index in [1.54, 1.807) is 0 Å². The molecule has 1 heteroatoms. The highest BCUT2D eigenvalue weighted by atomic mass is 19.1. The zero-order valence-corrected chi connectivity index (χ0v) is 18.9. The van der Waals surface area contributed by atoms with Crippen LogP contribution in [0.3, 0.4) is 0 Å². The van der Waals surface area contributed by atoms with Gasteiger partial charge in [-0.15, -0.1) is 0 Å². The molecule has 0 aliphatic heterocycles. The molecule has 0 fully saturated rings. The van der Waals surface area contributed by atoms with Crippen molar-refractivity contribution in [1.29, 1.82) is 0 Å². The molecule has 0 N–H and O–H groups in total. The molecule has 4 aromatic rings. The number of aryl methyl sites for hydroxylation is 4. The number of halogens is 1. The van der Waals surface area contributed by atoms with Crippen LogP contribution >= 0.6 is 0 Å². The monoisotopic (exact) mass is 420 g/mol. The first-order valence-corrected chi connectivity index (χ1v) is 11.6. The van der Waals surface area contributed by atoms with Gasteiger partial charge in [-0.2, -0.15) is 0 Å². The van der Waals surface area contributed by atoms with Crippen molar-refractivity contribution >= 4 is 10.8 Å². The van der Waals surface area contributed by atoms with Crippen molar-refractivity contribution in [2.75, 3.05) is 0 Å². The van der Waals surface area contributed by atoms with Gasteiger partial charge in [0.1, 0.15) is 5.82 Å². The van der Waals surface area contributed by atoms with E-state index in [1.165, 1.54) is 16.7 Å². The number of fused-ring (bicyclic) bond motifs is 1. The van der Waals surface area contributed by atoms with Crippen LogP contribution in [-0.4, -0.2) is 0 Å². The van der Waals surface area contributed by atoms with Crippen molar-refractivity contribution < 1.29 is 4.39 Å². The van der Waals surface area contributed by atoms with E-state index in [2.05, 4.69) is 74.2 Å². The van der Waals surface area contributed by atoms with Crippen molar-refractivity contribution in [2.24, 2.45) is 0 Å². The molecule has 0 atom stereocenters. The van der Waals surface area contributed by atoms with Crippen LogP contribution in [0.25, 0.3) is 10.8 Å². The molecule has 0 unspecified atom stereocenters. The predicted octanol–water partition coefficient (Wildman–Crippen LogP) is 7.68.